The molecule has 2 aliphatic heterocycles. The predicted octanol–water partition coefficient (Wildman–Crippen LogP) is 3.27. The van der Waals surface area contributed by atoms with Crippen molar-refractivity contribution >= 4 is 40.4 Å². The molecule has 3 heterocycles. The Balaban J connectivity index is 1.25. The third kappa shape index (κ3) is 3.75. The number of para-hydroxylation sites is 1. The van der Waals surface area contributed by atoms with E-state index in [2.05, 4.69) is 5.32 Å². The van der Waals surface area contributed by atoms with Gasteiger partial charge in [0.25, 0.3) is 11.8 Å². The fraction of sp³-hybridized carbons (Fsp3) is 0.292. The Labute approximate surface area is 195 Å². The van der Waals surface area contributed by atoms with E-state index in [-0.39, 0.29) is 18.5 Å². The molecule has 0 bridgehead atoms. The number of piperazine rings is 1. The summed E-state index contributed by atoms with van der Waals surface area (Å²) in [6.45, 7) is 3.84. The largest absolute Gasteiger partial charge is 0.458 e. The Morgan fingerprint density at radius 2 is 1.76 bits per heavy atom. The second-order valence-corrected chi connectivity index (χ2v) is 8.88. The molecule has 2 fully saturated rings. The monoisotopic (exact) mass is 466 g/mol. The van der Waals surface area contributed by atoms with Crippen LogP contribution in [0.15, 0.2) is 59.0 Å². The van der Waals surface area contributed by atoms with Crippen LogP contribution in [0.1, 0.15) is 23.0 Å². The van der Waals surface area contributed by atoms with Crippen LogP contribution >= 0.6 is 11.6 Å². The highest BCUT2D eigenvalue weighted by atomic mass is 35.5. The van der Waals surface area contributed by atoms with Gasteiger partial charge < -0.3 is 14.6 Å². The minimum atomic E-state index is -1.27. The Morgan fingerprint density at radius 1 is 1.06 bits per heavy atom. The molecule has 0 aliphatic carbocycles. The van der Waals surface area contributed by atoms with Gasteiger partial charge in [0.1, 0.15) is 11.3 Å². The summed E-state index contributed by atoms with van der Waals surface area (Å²) in [4.78, 5) is 43.7. The normalized spacial score (nSPS) is 21.6. The summed E-state index contributed by atoms with van der Waals surface area (Å²) in [5, 5.41) is 4.08. The first kappa shape index (κ1) is 21.5. The van der Waals surface area contributed by atoms with E-state index in [9.17, 15) is 14.4 Å². The van der Waals surface area contributed by atoms with Crippen LogP contribution in [0.3, 0.4) is 0 Å². The zero-order valence-electron chi connectivity index (χ0n) is 18.1. The van der Waals surface area contributed by atoms with Crippen LogP contribution in [-0.2, 0) is 10.3 Å². The number of nitrogens with zero attached hydrogens (tertiary/aromatic N) is 3. The van der Waals surface area contributed by atoms with E-state index in [1.54, 1.807) is 42.2 Å². The number of rotatable bonds is 4. The van der Waals surface area contributed by atoms with Crippen molar-refractivity contribution in [2.24, 2.45) is 0 Å². The number of carbonyl (C=O) groups is 3. The summed E-state index contributed by atoms with van der Waals surface area (Å²) in [5.74, 6) is -0.0754. The molecule has 8 nitrogen and oxygen atoms in total. The van der Waals surface area contributed by atoms with Gasteiger partial charge in [0.15, 0.2) is 5.54 Å². The zero-order chi connectivity index (χ0) is 23.2. The van der Waals surface area contributed by atoms with Crippen LogP contribution in [0, 0.1) is 0 Å². The Hall–Kier alpha value is -3.36. The highest BCUT2D eigenvalue weighted by Gasteiger charge is 2.51. The van der Waals surface area contributed by atoms with Gasteiger partial charge in [-0.15, -0.1) is 0 Å². The van der Waals surface area contributed by atoms with Crippen molar-refractivity contribution in [1.82, 2.24) is 20.0 Å². The molecule has 3 aromatic rings. The van der Waals surface area contributed by atoms with Crippen LogP contribution in [0.25, 0.3) is 11.0 Å². The van der Waals surface area contributed by atoms with Crippen molar-refractivity contribution in [1.29, 1.82) is 0 Å². The summed E-state index contributed by atoms with van der Waals surface area (Å²) in [5.41, 5.74) is -0.130. The van der Waals surface area contributed by atoms with Crippen molar-refractivity contribution in [2.45, 2.75) is 12.5 Å². The average Bonchev–Trinajstić information content (AvgIpc) is 3.35. The minimum Gasteiger partial charge on any atom is -0.458 e. The summed E-state index contributed by atoms with van der Waals surface area (Å²) < 4.78 is 5.87. The smallest absolute Gasteiger partial charge is 0.326 e. The maximum Gasteiger partial charge on any atom is 0.326 e. The number of nitrogens with one attached hydrogen (secondary N) is 1. The molecule has 4 amide bonds. The van der Waals surface area contributed by atoms with Crippen LogP contribution in [0.4, 0.5) is 4.79 Å². The quantitative estimate of drug-likeness (QED) is 0.596. The maximum atomic E-state index is 13.3. The van der Waals surface area contributed by atoms with Crippen molar-refractivity contribution in [2.75, 3.05) is 32.8 Å². The third-order valence-electron chi connectivity index (χ3n) is 6.30. The number of furan rings is 1. The van der Waals surface area contributed by atoms with Gasteiger partial charge in [-0.3, -0.25) is 14.5 Å². The molecule has 1 N–H and O–H groups in total. The number of amides is 4. The van der Waals surface area contributed by atoms with E-state index in [0.717, 1.165) is 5.39 Å². The van der Waals surface area contributed by atoms with Crippen molar-refractivity contribution in [3.05, 3.63) is 70.9 Å². The molecule has 2 saturated heterocycles. The Morgan fingerprint density at radius 3 is 2.48 bits per heavy atom. The van der Waals surface area contributed by atoms with Gasteiger partial charge in [-0.2, -0.15) is 0 Å². The number of halogens is 1. The van der Waals surface area contributed by atoms with E-state index < -0.39 is 11.6 Å². The van der Waals surface area contributed by atoms with Crippen LogP contribution in [0.2, 0.25) is 5.02 Å². The summed E-state index contributed by atoms with van der Waals surface area (Å²) in [6.07, 6.45) is 0. The highest BCUT2D eigenvalue weighted by molar-refractivity contribution is 6.33. The lowest BCUT2D eigenvalue weighted by Crippen LogP contribution is -2.52. The molecular formula is C24H23ClN4O4. The number of carbonyl (C=O) groups excluding carboxylic acids is 3. The first-order chi connectivity index (χ1) is 15.9. The second-order valence-electron chi connectivity index (χ2n) is 8.47. The molecule has 170 valence electrons. The van der Waals surface area contributed by atoms with Gasteiger partial charge in [0, 0.05) is 31.6 Å². The summed E-state index contributed by atoms with van der Waals surface area (Å²) in [7, 11) is 0. The van der Waals surface area contributed by atoms with Gasteiger partial charge in [0.05, 0.1) is 17.3 Å². The van der Waals surface area contributed by atoms with Crippen LogP contribution in [0.5, 0.6) is 0 Å². The number of benzene rings is 2. The fourth-order valence-corrected chi connectivity index (χ4v) is 4.53. The van der Waals surface area contributed by atoms with Gasteiger partial charge in [0.2, 0.25) is 0 Å². The number of urea groups is 1. The zero-order valence-corrected chi connectivity index (χ0v) is 18.8. The van der Waals surface area contributed by atoms with Gasteiger partial charge in [-0.05, 0) is 31.2 Å². The molecule has 5 rings (SSSR count). The minimum absolute atomic E-state index is 0.118. The lowest BCUT2D eigenvalue weighted by molar-refractivity contribution is -0.133. The number of hydrogen-bond acceptors (Lipinski definition) is 5. The first-order valence-electron chi connectivity index (χ1n) is 10.8. The van der Waals surface area contributed by atoms with Gasteiger partial charge in [-0.1, -0.05) is 41.9 Å². The standard InChI is InChI=1S/C24H23ClN4O4/c1-24(20-14-16-6-2-5-9-19(16)33-20)22(31)29(23(32)26-24)15-27-10-12-28(13-11-27)21(30)17-7-3-4-8-18(17)25/h2-9,14H,10-13,15H2,1H3,(H,26,32)/t24-/m1/s1. The average molecular weight is 467 g/mol. The van der Waals surface area contributed by atoms with Gasteiger partial charge in [-0.25, -0.2) is 9.69 Å². The van der Waals surface area contributed by atoms with E-state index in [4.69, 9.17) is 16.0 Å². The van der Waals surface area contributed by atoms with Crippen molar-refractivity contribution in [3.8, 4) is 0 Å². The SMILES string of the molecule is C[C@]1(c2cc3ccccc3o2)NC(=O)N(CN2CCN(C(=O)c3ccccc3Cl)CC2)C1=O. The van der Waals surface area contributed by atoms with E-state index >= 15 is 0 Å². The molecule has 0 unspecified atom stereocenters. The Kier molecular flexibility index (Phi) is 5.34. The van der Waals surface area contributed by atoms with Crippen molar-refractivity contribution in [3.63, 3.8) is 0 Å². The molecule has 9 heteroatoms. The molecule has 0 radical (unpaired) electrons. The molecule has 0 spiro atoms. The summed E-state index contributed by atoms with van der Waals surface area (Å²) >= 11 is 6.16. The lowest BCUT2D eigenvalue weighted by atomic mass is 9.99. The Bertz CT molecular complexity index is 1220. The molecule has 2 aromatic carbocycles. The first-order valence-corrected chi connectivity index (χ1v) is 11.1. The van der Waals surface area contributed by atoms with E-state index in [1.165, 1.54) is 4.90 Å². The lowest BCUT2D eigenvalue weighted by Gasteiger charge is -2.36. The van der Waals surface area contributed by atoms with Crippen LogP contribution in [-0.4, -0.2) is 65.4 Å². The fourth-order valence-electron chi connectivity index (χ4n) is 4.32. The molecular weight excluding hydrogens is 444 g/mol. The maximum absolute atomic E-state index is 13.3. The number of imide groups is 1. The number of fused-ring (bicyclic) bond motifs is 1. The molecule has 33 heavy (non-hydrogen) atoms. The van der Waals surface area contributed by atoms with Crippen LogP contribution < -0.4 is 5.32 Å². The van der Waals surface area contributed by atoms with Crippen molar-refractivity contribution < 1.29 is 18.8 Å². The van der Waals surface area contributed by atoms with E-state index in [0.29, 0.717) is 48.1 Å². The predicted molar refractivity (Wildman–Crippen MR) is 123 cm³/mol. The third-order valence-corrected chi connectivity index (χ3v) is 6.63. The van der Waals surface area contributed by atoms with E-state index in [1.807, 2.05) is 29.2 Å². The molecule has 2 aliphatic rings. The summed E-state index contributed by atoms with van der Waals surface area (Å²) in [6, 6.07) is 15.8. The molecule has 1 aromatic heterocycles. The second kappa shape index (κ2) is 8.20. The highest BCUT2D eigenvalue weighted by Crippen LogP contribution is 2.33. The molecule has 1 atom stereocenters. The molecule has 0 saturated carbocycles. The number of hydrogen-bond donors (Lipinski definition) is 1. The van der Waals surface area contributed by atoms with Gasteiger partial charge >= 0.3 is 6.03 Å². The topological polar surface area (TPSA) is 86.1 Å².